The molecule has 0 aliphatic heterocycles. The number of anilines is 1. The van der Waals surface area contributed by atoms with Gasteiger partial charge in [-0.15, -0.1) is 0 Å². The summed E-state index contributed by atoms with van der Waals surface area (Å²) >= 11 is 0. The molecule has 0 fully saturated rings. The maximum atomic E-state index is 12.3. The Bertz CT molecular complexity index is 1190. The number of amides is 1. The summed E-state index contributed by atoms with van der Waals surface area (Å²) in [4.78, 5) is 28.8. The standard InChI is InChI=1S/C25H20N2O4/c28-24(27-23-10-4-9-22-21(23)8-5-15-26-22)17-31-25(29)19-13-11-18(12-14-19)16-30-20-6-2-1-3-7-20/h1-15H,16-17H2,(H,27,28). The number of hydrogen-bond acceptors (Lipinski definition) is 5. The number of carbonyl (C=O) groups excluding carboxylic acids is 2. The van der Waals surface area contributed by atoms with Gasteiger partial charge < -0.3 is 14.8 Å². The molecule has 6 heteroatoms. The van der Waals surface area contributed by atoms with Crippen LogP contribution in [0.4, 0.5) is 5.69 Å². The molecule has 0 radical (unpaired) electrons. The van der Waals surface area contributed by atoms with Gasteiger partial charge in [0.1, 0.15) is 12.4 Å². The van der Waals surface area contributed by atoms with Crippen molar-refractivity contribution in [3.8, 4) is 5.75 Å². The highest BCUT2D eigenvalue weighted by atomic mass is 16.5. The quantitative estimate of drug-likeness (QED) is 0.449. The monoisotopic (exact) mass is 412 g/mol. The van der Waals surface area contributed by atoms with Crippen LogP contribution in [0.15, 0.2) is 91.1 Å². The first-order valence-electron chi connectivity index (χ1n) is 9.76. The van der Waals surface area contributed by atoms with E-state index in [0.29, 0.717) is 17.9 Å². The van der Waals surface area contributed by atoms with Crippen LogP contribution in [-0.4, -0.2) is 23.5 Å². The van der Waals surface area contributed by atoms with Gasteiger partial charge in [-0.1, -0.05) is 36.4 Å². The average Bonchev–Trinajstić information content (AvgIpc) is 2.82. The van der Waals surface area contributed by atoms with Crippen molar-refractivity contribution in [1.29, 1.82) is 0 Å². The lowest BCUT2D eigenvalue weighted by Gasteiger charge is -2.09. The molecule has 3 aromatic carbocycles. The summed E-state index contributed by atoms with van der Waals surface area (Å²) in [6, 6.07) is 25.5. The van der Waals surface area contributed by atoms with E-state index in [0.717, 1.165) is 22.2 Å². The number of nitrogens with zero attached hydrogens (tertiary/aromatic N) is 1. The fraction of sp³-hybridized carbons (Fsp3) is 0.0800. The molecule has 4 rings (SSSR count). The summed E-state index contributed by atoms with van der Waals surface area (Å²) in [5.74, 6) is -0.207. The zero-order chi connectivity index (χ0) is 21.5. The Morgan fingerprint density at radius 1 is 0.839 bits per heavy atom. The van der Waals surface area contributed by atoms with Gasteiger partial charge in [-0.3, -0.25) is 9.78 Å². The minimum Gasteiger partial charge on any atom is -0.489 e. The maximum Gasteiger partial charge on any atom is 0.338 e. The molecule has 0 saturated heterocycles. The zero-order valence-corrected chi connectivity index (χ0v) is 16.7. The number of benzene rings is 3. The van der Waals surface area contributed by atoms with Crippen LogP contribution >= 0.6 is 0 Å². The third-order valence-corrected chi connectivity index (χ3v) is 4.59. The number of pyridine rings is 1. The molecule has 1 heterocycles. The third-order valence-electron chi connectivity index (χ3n) is 4.59. The fourth-order valence-electron chi connectivity index (χ4n) is 3.03. The third kappa shape index (κ3) is 5.25. The number of para-hydroxylation sites is 1. The lowest BCUT2D eigenvalue weighted by Crippen LogP contribution is -2.21. The average molecular weight is 412 g/mol. The molecule has 0 aliphatic rings. The van der Waals surface area contributed by atoms with Crippen LogP contribution in [0.25, 0.3) is 10.9 Å². The molecule has 154 valence electrons. The molecular formula is C25H20N2O4. The molecule has 6 nitrogen and oxygen atoms in total. The normalized spacial score (nSPS) is 10.5. The minimum absolute atomic E-state index is 0.366. The van der Waals surface area contributed by atoms with Crippen LogP contribution in [0.3, 0.4) is 0 Å². The fourth-order valence-corrected chi connectivity index (χ4v) is 3.03. The molecule has 0 aliphatic carbocycles. The van der Waals surface area contributed by atoms with Gasteiger partial charge in [0.05, 0.1) is 16.8 Å². The van der Waals surface area contributed by atoms with Crippen molar-refractivity contribution >= 4 is 28.5 Å². The van der Waals surface area contributed by atoms with Crippen molar-refractivity contribution in [2.45, 2.75) is 6.61 Å². The van der Waals surface area contributed by atoms with E-state index in [1.807, 2.05) is 42.5 Å². The largest absolute Gasteiger partial charge is 0.489 e. The highest BCUT2D eigenvalue weighted by molar-refractivity contribution is 6.02. The molecule has 0 spiro atoms. The highest BCUT2D eigenvalue weighted by Gasteiger charge is 2.12. The van der Waals surface area contributed by atoms with Gasteiger partial charge in [0.25, 0.3) is 5.91 Å². The van der Waals surface area contributed by atoms with E-state index in [1.165, 1.54) is 0 Å². The van der Waals surface area contributed by atoms with Crippen LogP contribution in [0.2, 0.25) is 0 Å². The van der Waals surface area contributed by atoms with Crippen molar-refractivity contribution < 1.29 is 19.1 Å². The predicted molar refractivity (Wildman–Crippen MR) is 118 cm³/mol. The molecule has 1 aromatic heterocycles. The first-order valence-corrected chi connectivity index (χ1v) is 9.76. The molecule has 4 aromatic rings. The highest BCUT2D eigenvalue weighted by Crippen LogP contribution is 2.21. The van der Waals surface area contributed by atoms with Crippen molar-refractivity contribution in [1.82, 2.24) is 4.98 Å². The Balaban J connectivity index is 1.29. The molecule has 0 atom stereocenters. The van der Waals surface area contributed by atoms with Gasteiger partial charge >= 0.3 is 5.97 Å². The second-order valence-corrected chi connectivity index (χ2v) is 6.80. The minimum atomic E-state index is -0.565. The number of hydrogen-bond donors (Lipinski definition) is 1. The lowest BCUT2D eigenvalue weighted by atomic mass is 10.1. The van der Waals surface area contributed by atoms with Gasteiger partial charge in [-0.2, -0.15) is 0 Å². The Hall–Kier alpha value is -4.19. The van der Waals surface area contributed by atoms with E-state index in [4.69, 9.17) is 9.47 Å². The molecular weight excluding hydrogens is 392 g/mol. The Morgan fingerprint density at radius 2 is 1.65 bits per heavy atom. The maximum absolute atomic E-state index is 12.3. The number of ether oxygens (including phenoxy) is 2. The van der Waals surface area contributed by atoms with Gasteiger partial charge in [0, 0.05) is 11.6 Å². The smallest absolute Gasteiger partial charge is 0.338 e. The number of nitrogens with one attached hydrogen (secondary N) is 1. The number of esters is 1. The first kappa shape index (κ1) is 20.1. The Morgan fingerprint density at radius 3 is 2.45 bits per heavy atom. The van der Waals surface area contributed by atoms with E-state index >= 15 is 0 Å². The van der Waals surface area contributed by atoms with Crippen LogP contribution in [-0.2, 0) is 16.1 Å². The van der Waals surface area contributed by atoms with Gasteiger partial charge in [-0.05, 0) is 54.1 Å². The SMILES string of the molecule is O=C(COC(=O)c1ccc(COc2ccccc2)cc1)Nc1cccc2ncccc12. The van der Waals surface area contributed by atoms with E-state index < -0.39 is 11.9 Å². The van der Waals surface area contributed by atoms with Gasteiger partial charge in [0.2, 0.25) is 0 Å². The Labute approximate surface area is 179 Å². The van der Waals surface area contributed by atoms with Crippen molar-refractivity contribution in [3.63, 3.8) is 0 Å². The lowest BCUT2D eigenvalue weighted by molar-refractivity contribution is -0.119. The van der Waals surface area contributed by atoms with E-state index in [1.54, 1.807) is 48.7 Å². The van der Waals surface area contributed by atoms with Crippen molar-refractivity contribution in [2.24, 2.45) is 0 Å². The number of fused-ring (bicyclic) bond motifs is 1. The molecule has 0 bridgehead atoms. The number of rotatable bonds is 7. The summed E-state index contributed by atoms with van der Waals surface area (Å²) in [5.41, 5.74) is 2.68. The Kier molecular flexibility index (Phi) is 6.18. The van der Waals surface area contributed by atoms with E-state index in [2.05, 4.69) is 10.3 Å². The van der Waals surface area contributed by atoms with Crippen LogP contribution < -0.4 is 10.1 Å². The van der Waals surface area contributed by atoms with Gasteiger partial charge in [0.15, 0.2) is 6.61 Å². The molecule has 0 saturated carbocycles. The van der Waals surface area contributed by atoms with Gasteiger partial charge in [-0.25, -0.2) is 4.79 Å². The molecule has 1 N–H and O–H groups in total. The van der Waals surface area contributed by atoms with Crippen LogP contribution in [0.1, 0.15) is 15.9 Å². The van der Waals surface area contributed by atoms with Crippen molar-refractivity contribution in [3.05, 3.63) is 102 Å². The summed E-state index contributed by atoms with van der Waals surface area (Å²) < 4.78 is 10.8. The van der Waals surface area contributed by atoms with Crippen molar-refractivity contribution in [2.75, 3.05) is 11.9 Å². The molecule has 1 amide bonds. The molecule has 0 unspecified atom stereocenters. The van der Waals surface area contributed by atoms with E-state index in [9.17, 15) is 9.59 Å². The number of carbonyl (C=O) groups is 2. The van der Waals surface area contributed by atoms with Crippen LogP contribution in [0, 0.1) is 0 Å². The summed E-state index contributed by atoms with van der Waals surface area (Å²) in [6.45, 7) is 0.00991. The summed E-state index contributed by atoms with van der Waals surface area (Å²) in [7, 11) is 0. The first-order chi connectivity index (χ1) is 15.2. The molecule has 31 heavy (non-hydrogen) atoms. The predicted octanol–water partition coefficient (Wildman–Crippen LogP) is 4.61. The summed E-state index contributed by atoms with van der Waals surface area (Å²) in [6.07, 6.45) is 1.69. The number of aromatic nitrogens is 1. The second-order valence-electron chi connectivity index (χ2n) is 6.80. The van der Waals surface area contributed by atoms with E-state index in [-0.39, 0.29) is 6.61 Å². The second kappa shape index (κ2) is 9.54. The topological polar surface area (TPSA) is 77.5 Å². The van der Waals surface area contributed by atoms with Crippen LogP contribution in [0.5, 0.6) is 5.75 Å². The zero-order valence-electron chi connectivity index (χ0n) is 16.7. The summed E-state index contributed by atoms with van der Waals surface area (Å²) in [5, 5.41) is 3.58.